The van der Waals surface area contributed by atoms with Crippen molar-refractivity contribution in [3.63, 3.8) is 0 Å². The Labute approximate surface area is 277 Å². The van der Waals surface area contributed by atoms with Crippen LogP contribution in [0.25, 0.3) is 22.2 Å². The highest BCUT2D eigenvalue weighted by atomic mass is 35.5. The van der Waals surface area contributed by atoms with Crippen LogP contribution in [0.1, 0.15) is 47.1 Å². The van der Waals surface area contributed by atoms with Gasteiger partial charge in [-0.2, -0.15) is 4.98 Å². The summed E-state index contributed by atoms with van der Waals surface area (Å²) >= 11 is 13.5. The molecule has 3 aromatic rings. The van der Waals surface area contributed by atoms with E-state index in [0.717, 1.165) is 5.06 Å². The maximum absolute atomic E-state index is 14.7. The Morgan fingerprint density at radius 1 is 1.07 bits per heavy atom. The molecule has 1 aliphatic rings. The van der Waals surface area contributed by atoms with Gasteiger partial charge in [0.2, 0.25) is 5.95 Å². The Morgan fingerprint density at radius 3 is 2.22 bits per heavy atom. The van der Waals surface area contributed by atoms with Crippen molar-refractivity contribution in [3.8, 4) is 22.6 Å². The predicted octanol–water partition coefficient (Wildman–Crippen LogP) is 4.35. The van der Waals surface area contributed by atoms with Crippen molar-refractivity contribution >= 4 is 46.2 Å². The molecule has 0 bridgehead atoms. The number of nitrogens with zero attached hydrogens (tertiary/aromatic N) is 5. The van der Waals surface area contributed by atoms with E-state index < -0.39 is 28.8 Å². The van der Waals surface area contributed by atoms with E-state index >= 15 is 0 Å². The van der Waals surface area contributed by atoms with Gasteiger partial charge in [-0.05, 0) is 60.2 Å². The number of anilines is 1. The molecule has 0 amide bonds. The Balaban J connectivity index is 1.98. The Hall–Kier alpha value is -3.20. The molecule has 252 valence electrons. The molecule has 1 saturated heterocycles. The van der Waals surface area contributed by atoms with E-state index in [9.17, 15) is 19.9 Å². The van der Waals surface area contributed by atoms with Crippen LogP contribution in [0.3, 0.4) is 0 Å². The van der Waals surface area contributed by atoms with Crippen LogP contribution in [-0.4, -0.2) is 100 Å². The van der Waals surface area contributed by atoms with Gasteiger partial charge in [-0.1, -0.05) is 23.2 Å². The van der Waals surface area contributed by atoms with Gasteiger partial charge in [0.25, 0.3) is 5.56 Å². The number of piperazine rings is 1. The normalized spacial score (nSPS) is 15.5. The number of aromatic nitrogens is 3. The second-order valence-corrected chi connectivity index (χ2v) is 13.5. The molecule has 3 heterocycles. The van der Waals surface area contributed by atoms with E-state index in [1.165, 1.54) is 31.0 Å². The average Bonchev–Trinajstić information content (AvgIpc) is 2.97. The van der Waals surface area contributed by atoms with Crippen LogP contribution in [0.5, 0.6) is 11.5 Å². The molecular weight excluding hydrogens is 639 g/mol. The number of aliphatic hydroxyl groups is 1. The van der Waals surface area contributed by atoms with E-state index in [1.54, 1.807) is 40.7 Å². The second kappa shape index (κ2) is 14.3. The number of ether oxygens (including phenoxy) is 3. The zero-order chi connectivity index (χ0) is 34.0. The summed E-state index contributed by atoms with van der Waals surface area (Å²) in [5, 5.41) is 26.6. The molecule has 2 N–H and O–H groups in total. The molecule has 4 rings (SSSR count). The summed E-state index contributed by atoms with van der Waals surface area (Å²) in [6.45, 7) is 10.7. The molecule has 1 unspecified atom stereocenters. The fourth-order valence-corrected chi connectivity index (χ4v) is 5.78. The highest BCUT2D eigenvalue weighted by molar-refractivity contribution is 6.41. The molecular formula is C31H41Cl2N6O7-. The number of carbonyl (C=O) groups is 1. The van der Waals surface area contributed by atoms with Gasteiger partial charge in [-0.25, -0.2) is 9.78 Å². The molecule has 46 heavy (non-hydrogen) atoms. The largest absolute Gasteiger partial charge is 0.785 e. The third-order valence-corrected chi connectivity index (χ3v) is 8.09. The van der Waals surface area contributed by atoms with E-state index in [-0.39, 0.29) is 57.2 Å². The van der Waals surface area contributed by atoms with Crippen LogP contribution in [0, 0.1) is 5.21 Å². The van der Waals surface area contributed by atoms with Gasteiger partial charge in [0.1, 0.15) is 28.8 Å². The zero-order valence-corrected chi connectivity index (χ0v) is 28.7. The summed E-state index contributed by atoms with van der Waals surface area (Å²) in [5.41, 5.74) is -2.17. The molecule has 1 aliphatic heterocycles. The van der Waals surface area contributed by atoms with Crippen molar-refractivity contribution in [3.05, 3.63) is 43.9 Å². The first-order valence-corrected chi connectivity index (χ1v) is 15.6. The number of rotatable bonds is 11. The van der Waals surface area contributed by atoms with E-state index in [2.05, 4.69) is 20.2 Å². The second-order valence-electron chi connectivity index (χ2n) is 12.8. The van der Waals surface area contributed by atoms with Crippen LogP contribution in [0.4, 0.5) is 5.95 Å². The molecule has 0 spiro atoms. The van der Waals surface area contributed by atoms with Gasteiger partial charge in [-0.15, -0.1) is 0 Å². The Morgan fingerprint density at radius 2 is 1.67 bits per heavy atom. The fraction of sp³-hybridized carbons (Fsp3) is 0.548. The van der Waals surface area contributed by atoms with Crippen LogP contribution >= 0.6 is 23.2 Å². The minimum atomic E-state index is -1.14. The topological polar surface area (TPSA) is 154 Å². The van der Waals surface area contributed by atoms with E-state index in [0.29, 0.717) is 38.1 Å². The third-order valence-electron chi connectivity index (χ3n) is 7.34. The highest BCUT2D eigenvalue weighted by Crippen LogP contribution is 2.45. The monoisotopic (exact) mass is 679 g/mol. The molecule has 2 aromatic heterocycles. The van der Waals surface area contributed by atoms with Crippen molar-refractivity contribution < 1.29 is 24.1 Å². The lowest BCUT2D eigenvalue weighted by Crippen LogP contribution is -2.45. The summed E-state index contributed by atoms with van der Waals surface area (Å²) in [5.74, 6) is -0.0372. The van der Waals surface area contributed by atoms with Crippen molar-refractivity contribution in [2.75, 3.05) is 58.8 Å². The van der Waals surface area contributed by atoms with Gasteiger partial charge in [0.15, 0.2) is 0 Å². The average molecular weight is 681 g/mol. The van der Waals surface area contributed by atoms with Gasteiger partial charge in [0, 0.05) is 49.4 Å². The number of esters is 1. The van der Waals surface area contributed by atoms with Crippen LogP contribution in [0.15, 0.2) is 23.1 Å². The van der Waals surface area contributed by atoms with Gasteiger partial charge in [0.05, 0.1) is 35.4 Å². The SMILES string of the molecule is COc1cc(OC)c(Cl)c(-c2cc3cnc(NCC(C)(C)O)nc3n(C(CCN3CCN([O-])CC3)C(=O)OC(C)(C)C)c2=O)c1Cl. The number of benzene rings is 1. The van der Waals surface area contributed by atoms with Crippen LogP contribution in [0.2, 0.25) is 10.0 Å². The fourth-order valence-electron chi connectivity index (χ4n) is 5.07. The molecule has 15 heteroatoms. The molecule has 1 fully saturated rings. The lowest BCUT2D eigenvalue weighted by molar-refractivity contribution is -0.159. The molecule has 1 aromatic carbocycles. The molecule has 0 radical (unpaired) electrons. The maximum atomic E-state index is 14.7. The van der Waals surface area contributed by atoms with E-state index in [1.807, 2.05) is 0 Å². The van der Waals surface area contributed by atoms with Gasteiger partial charge >= 0.3 is 5.97 Å². The lowest BCUT2D eigenvalue weighted by Gasteiger charge is -2.39. The third kappa shape index (κ3) is 8.38. The van der Waals surface area contributed by atoms with E-state index in [4.69, 9.17) is 37.4 Å². The highest BCUT2D eigenvalue weighted by Gasteiger charge is 2.32. The number of carbonyl (C=O) groups excluding carboxylic acids is 1. The van der Waals surface area contributed by atoms with Crippen molar-refractivity contribution in [1.29, 1.82) is 0 Å². The van der Waals surface area contributed by atoms with Crippen molar-refractivity contribution in [1.82, 2.24) is 24.5 Å². The number of hydrogen-bond acceptors (Lipinski definition) is 12. The minimum absolute atomic E-state index is 0.0639. The number of pyridine rings is 1. The Bertz CT molecular complexity index is 1600. The van der Waals surface area contributed by atoms with Gasteiger partial charge in [-0.3, -0.25) is 9.36 Å². The van der Waals surface area contributed by atoms with Gasteiger partial charge < -0.3 is 39.8 Å². The summed E-state index contributed by atoms with van der Waals surface area (Å²) < 4.78 is 18.0. The number of halogens is 2. The van der Waals surface area contributed by atoms with Crippen molar-refractivity contribution in [2.24, 2.45) is 0 Å². The summed E-state index contributed by atoms with van der Waals surface area (Å²) in [6, 6.07) is 1.93. The van der Waals surface area contributed by atoms with Crippen LogP contribution < -0.4 is 20.3 Å². The first-order chi connectivity index (χ1) is 21.5. The molecule has 0 saturated carbocycles. The zero-order valence-electron chi connectivity index (χ0n) is 27.1. The number of hydrogen-bond donors (Lipinski definition) is 2. The number of methoxy groups -OCH3 is 2. The Kier molecular flexibility index (Phi) is 11.1. The van der Waals surface area contributed by atoms with Crippen LogP contribution in [-0.2, 0) is 9.53 Å². The summed E-state index contributed by atoms with van der Waals surface area (Å²) in [4.78, 5) is 39.8. The number of fused-ring (bicyclic) bond motifs is 1. The lowest BCUT2D eigenvalue weighted by atomic mass is 10.0. The maximum Gasteiger partial charge on any atom is 0.329 e. The summed E-state index contributed by atoms with van der Waals surface area (Å²) in [6.07, 6.45) is 1.68. The summed E-state index contributed by atoms with van der Waals surface area (Å²) in [7, 11) is 2.86. The first kappa shape index (κ1) is 35.7. The smallest absolute Gasteiger partial charge is 0.329 e. The predicted molar refractivity (Wildman–Crippen MR) is 178 cm³/mol. The first-order valence-electron chi connectivity index (χ1n) is 14.9. The molecule has 1 atom stereocenters. The number of nitrogens with one attached hydrogen (secondary N) is 1. The van der Waals surface area contributed by atoms with Crippen molar-refractivity contribution in [2.45, 2.75) is 58.3 Å². The molecule has 0 aliphatic carbocycles. The standard InChI is InChI=1S/C31H41Cl2N6O7/c1-30(2,3)46-28(41)20(8-9-37-10-12-38(43)13-11-37)39-26-18(16-34-29(36-26)35-17-31(4,5)42)14-19(27(39)40)23-24(32)21(44-6)15-22(45-7)25(23)33/h14-16,20,42H,8-13,17H2,1-7H3,(H,34,35,36)/q-1. The minimum Gasteiger partial charge on any atom is -0.785 e. The molecule has 13 nitrogen and oxygen atoms in total. The number of hydroxylamine groups is 2. The quantitative estimate of drug-likeness (QED) is 0.277.